The van der Waals surface area contributed by atoms with Crippen LogP contribution in [0.5, 0.6) is 0 Å². The van der Waals surface area contributed by atoms with Crippen LogP contribution in [0.25, 0.3) is 0 Å². The SMILES string of the molecule is CCN(CCCCl)C(=O)c1cn[nH]c1C. The van der Waals surface area contributed by atoms with Gasteiger partial charge >= 0.3 is 0 Å². The molecule has 1 aromatic heterocycles. The molecule has 1 heterocycles. The molecular weight excluding hydrogens is 214 g/mol. The molecule has 1 aromatic rings. The molecule has 1 amide bonds. The molecular formula is C10H16ClN3O. The maximum absolute atomic E-state index is 12.0. The highest BCUT2D eigenvalue weighted by Gasteiger charge is 2.16. The number of amides is 1. The first kappa shape index (κ1) is 12.0. The van der Waals surface area contributed by atoms with E-state index in [0.29, 0.717) is 24.5 Å². The number of alkyl halides is 1. The smallest absolute Gasteiger partial charge is 0.257 e. The molecule has 4 nitrogen and oxygen atoms in total. The van der Waals surface area contributed by atoms with Crippen LogP contribution in [0.15, 0.2) is 6.20 Å². The first-order valence-electron chi connectivity index (χ1n) is 5.06. The van der Waals surface area contributed by atoms with E-state index in [4.69, 9.17) is 11.6 Å². The summed E-state index contributed by atoms with van der Waals surface area (Å²) in [5.74, 6) is 0.600. The van der Waals surface area contributed by atoms with Gasteiger partial charge in [-0.1, -0.05) is 0 Å². The second kappa shape index (κ2) is 5.75. The Balaban J connectivity index is 2.69. The van der Waals surface area contributed by atoms with Gasteiger partial charge in [-0.25, -0.2) is 0 Å². The van der Waals surface area contributed by atoms with Crippen molar-refractivity contribution in [2.45, 2.75) is 20.3 Å². The summed E-state index contributed by atoms with van der Waals surface area (Å²) in [7, 11) is 0. The van der Waals surface area contributed by atoms with Gasteiger partial charge in [0.05, 0.1) is 11.8 Å². The van der Waals surface area contributed by atoms with Crippen molar-refractivity contribution in [2.24, 2.45) is 0 Å². The molecule has 0 aliphatic rings. The third kappa shape index (κ3) is 2.96. The van der Waals surface area contributed by atoms with E-state index in [1.165, 1.54) is 0 Å². The van der Waals surface area contributed by atoms with Gasteiger partial charge < -0.3 is 4.90 Å². The summed E-state index contributed by atoms with van der Waals surface area (Å²) in [5.41, 5.74) is 1.45. The lowest BCUT2D eigenvalue weighted by Crippen LogP contribution is -2.32. The van der Waals surface area contributed by atoms with Crippen LogP contribution in [0.3, 0.4) is 0 Å². The molecule has 0 unspecified atom stereocenters. The summed E-state index contributed by atoms with van der Waals surface area (Å²) in [6.07, 6.45) is 2.39. The number of carbonyl (C=O) groups is 1. The average Bonchev–Trinajstić information content (AvgIpc) is 2.65. The van der Waals surface area contributed by atoms with Crippen molar-refractivity contribution in [1.82, 2.24) is 15.1 Å². The predicted octanol–water partition coefficient (Wildman–Crippen LogP) is 1.81. The monoisotopic (exact) mass is 229 g/mol. The van der Waals surface area contributed by atoms with Crippen LogP contribution in [0, 0.1) is 6.92 Å². The zero-order valence-corrected chi connectivity index (χ0v) is 9.84. The lowest BCUT2D eigenvalue weighted by atomic mass is 10.2. The van der Waals surface area contributed by atoms with Crippen molar-refractivity contribution in [2.75, 3.05) is 19.0 Å². The van der Waals surface area contributed by atoms with Crippen LogP contribution >= 0.6 is 11.6 Å². The number of aryl methyl sites for hydroxylation is 1. The number of aromatic amines is 1. The summed E-state index contributed by atoms with van der Waals surface area (Å²) in [5, 5.41) is 6.60. The van der Waals surface area contributed by atoms with E-state index < -0.39 is 0 Å². The number of halogens is 1. The lowest BCUT2D eigenvalue weighted by Gasteiger charge is -2.19. The molecule has 0 fully saturated rings. The number of rotatable bonds is 5. The highest BCUT2D eigenvalue weighted by Crippen LogP contribution is 2.08. The fraction of sp³-hybridized carbons (Fsp3) is 0.600. The van der Waals surface area contributed by atoms with Crippen molar-refractivity contribution in [3.05, 3.63) is 17.5 Å². The zero-order chi connectivity index (χ0) is 11.3. The Labute approximate surface area is 94.6 Å². The second-order valence-electron chi connectivity index (χ2n) is 3.34. The number of carbonyl (C=O) groups excluding carboxylic acids is 1. The molecule has 0 aromatic carbocycles. The molecule has 0 saturated carbocycles. The molecule has 15 heavy (non-hydrogen) atoms. The number of aromatic nitrogens is 2. The van der Waals surface area contributed by atoms with Gasteiger partial charge in [-0.3, -0.25) is 9.89 Å². The maximum Gasteiger partial charge on any atom is 0.257 e. The summed E-state index contributed by atoms with van der Waals surface area (Å²) >= 11 is 5.61. The third-order valence-electron chi connectivity index (χ3n) is 2.29. The molecule has 0 radical (unpaired) electrons. The van der Waals surface area contributed by atoms with Crippen molar-refractivity contribution >= 4 is 17.5 Å². The van der Waals surface area contributed by atoms with E-state index in [-0.39, 0.29) is 5.91 Å². The lowest BCUT2D eigenvalue weighted by molar-refractivity contribution is 0.0764. The van der Waals surface area contributed by atoms with Crippen LogP contribution < -0.4 is 0 Å². The van der Waals surface area contributed by atoms with E-state index in [2.05, 4.69) is 10.2 Å². The molecule has 0 atom stereocenters. The number of hydrogen-bond donors (Lipinski definition) is 1. The van der Waals surface area contributed by atoms with Crippen LogP contribution in [0.1, 0.15) is 29.4 Å². The van der Waals surface area contributed by atoms with Gasteiger partial charge in [-0.2, -0.15) is 5.10 Å². The minimum absolute atomic E-state index is 0.0221. The number of nitrogens with one attached hydrogen (secondary N) is 1. The molecule has 0 bridgehead atoms. The minimum Gasteiger partial charge on any atom is -0.339 e. The molecule has 5 heteroatoms. The first-order valence-corrected chi connectivity index (χ1v) is 5.59. The summed E-state index contributed by atoms with van der Waals surface area (Å²) in [4.78, 5) is 13.8. The fourth-order valence-electron chi connectivity index (χ4n) is 1.39. The standard InChI is InChI=1S/C10H16ClN3O/c1-3-14(6-4-5-11)10(15)9-7-12-13-8(9)2/h7H,3-6H2,1-2H3,(H,12,13). The van der Waals surface area contributed by atoms with Crippen LogP contribution in [0.2, 0.25) is 0 Å². The van der Waals surface area contributed by atoms with Gasteiger partial charge in [0.2, 0.25) is 0 Å². The molecule has 84 valence electrons. The van der Waals surface area contributed by atoms with E-state index in [1.54, 1.807) is 11.1 Å². The summed E-state index contributed by atoms with van der Waals surface area (Å²) in [6, 6.07) is 0. The Morgan fingerprint density at radius 2 is 2.40 bits per heavy atom. The van der Waals surface area contributed by atoms with Crippen LogP contribution in [-0.2, 0) is 0 Å². The topological polar surface area (TPSA) is 49.0 Å². The van der Waals surface area contributed by atoms with Crippen molar-refractivity contribution in [3.63, 3.8) is 0 Å². The summed E-state index contributed by atoms with van der Waals surface area (Å²) in [6.45, 7) is 5.20. The van der Waals surface area contributed by atoms with E-state index in [0.717, 1.165) is 12.1 Å². The highest BCUT2D eigenvalue weighted by molar-refractivity contribution is 6.17. The molecule has 1 N–H and O–H groups in total. The second-order valence-corrected chi connectivity index (χ2v) is 3.71. The molecule has 0 spiro atoms. The molecule has 0 aliphatic heterocycles. The van der Waals surface area contributed by atoms with Gasteiger partial charge in [0.15, 0.2) is 0 Å². The minimum atomic E-state index is 0.0221. The van der Waals surface area contributed by atoms with Gasteiger partial charge in [0, 0.05) is 24.7 Å². The zero-order valence-electron chi connectivity index (χ0n) is 9.09. The Morgan fingerprint density at radius 1 is 1.67 bits per heavy atom. The largest absolute Gasteiger partial charge is 0.339 e. The van der Waals surface area contributed by atoms with Crippen molar-refractivity contribution < 1.29 is 4.79 Å². The number of nitrogens with zero attached hydrogens (tertiary/aromatic N) is 2. The number of H-pyrrole nitrogens is 1. The Hall–Kier alpha value is -1.03. The third-order valence-corrected chi connectivity index (χ3v) is 2.56. The Bertz CT molecular complexity index is 324. The first-order chi connectivity index (χ1) is 7.20. The van der Waals surface area contributed by atoms with E-state index >= 15 is 0 Å². The van der Waals surface area contributed by atoms with Crippen molar-refractivity contribution in [1.29, 1.82) is 0 Å². The fourth-order valence-corrected chi connectivity index (χ4v) is 1.51. The highest BCUT2D eigenvalue weighted by atomic mass is 35.5. The van der Waals surface area contributed by atoms with Gasteiger partial charge in [0.1, 0.15) is 0 Å². The molecule has 0 aliphatic carbocycles. The van der Waals surface area contributed by atoms with Crippen LogP contribution in [0.4, 0.5) is 0 Å². The van der Waals surface area contributed by atoms with Crippen molar-refractivity contribution in [3.8, 4) is 0 Å². The predicted molar refractivity (Wildman–Crippen MR) is 60.2 cm³/mol. The van der Waals surface area contributed by atoms with Gasteiger partial charge in [-0.15, -0.1) is 11.6 Å². The van der Waals surface area contributed by atoms with Gasteiger partial charge in [0.25, 0.3) is 5.91 Å². The van der Waals surface area contributed by atoms with Gasteiger partial charge in [-0.05, 0) is 20.3 Å². The number of hydrogen-bond acceptors (Lipinski definition) is 2. The Kier molecular flexibility index (Phi) is 4.62. The van der Waals surface area contributed by atoms with Crippen LogP contribution in [-0.4, -0.2) is 40.0 Å². The quantitative estimate of drug-likeness (QED) is 0.783. The maximum atomic E-state index is 12.0. The summed E-state index contributed by atoms with van der Waals surface area (Å²) < 4.78 is 0. The Morgan fingerprint density at radius 3 is 2.87 bits per heavy atom. The van der Waals surface area contributed by atoms with E-state index in [1.807, 2.05) is 13.8 Å². The molecule has 1 rings (SSSR count). The van der Waals surface area contributed by atoms with E-state index in [9.17, 15) is 4.79 Å². The average molecular weight is 230 g/mol. The molecule has 0 saturated heterocycles. The normalized spacial score (nSPS) is 10.3.